The Morgan fingerprint density at radius 2 is 1.97 bits per heavy atom. The van der Waals surface area contributed by atoms with Crippen molar-refractivity contribution in [3.8, 4) is 11.3 Å². The Hall–Kier alpha value is -2.00. The van der Waals surface area contributed by atoms with Gasteiger partial charge in [-0.15, -0.1) is 0 Å². The molecule has 2 aromatic rings. The first kappa shape index (κ1) is 23.3. The Morgan fingerprint density at radius 1 is 1.24 bits per heavy atom. The molecule has 29 heavy (non-hydrogen) atoms. The Kier molecular flexibility index (Phi) is 9.03. The number of thioether (sulfide) groups is 1. The fraction of sp³-hybridized carbons (Fsp3) is 0.500. The molecule has 0 fully saturated rings. The Balaban J connectivity index is 1.91. The summed E-state index contributed by atoms with van der Waals surface area (Å²) >= 11 is 0.983. The zero-order valence-electron chi connectivity index (χ0n) is 16.5. The number of carbonyl (C=O) groups excluding carboxylic acids is 1. The number of amides is 1. The van der Waals surface area contributed by atoms with E-state index in [4.69, 9.17) is 4.74 Å². The van der Waals surface area contributed by atoms with Gasteiger partial charge in [-0.1, -0.05) is 55.9 Å². The number of hydrogen-bond acceptors (Lipinski definition) is 4. The smallest absolute Gasteiger partial charge is 0.380 e. The highest BCUT2D eigenvalue weighted by atomic mass is 32.2. The molecule has 1 aromatic carbocycles. The van der Waals surface area contributed by atoms with E-state index in [0.717, 1.165) is 22.7 Å². The Morgan fingerprint density at radius 3 is 2.62 bits per heavy atom. The number of halogens is 3. The van der Waals surface area contributed by atoms with Crippen molar-refractivity contribution < 1.29 is 22.7 Å². The third-order valence-electron chi connectivity index (χ3n) is 3.97. The molecule has 0 aliphatic heterocycles. The van der Waals surface area contributed by atoms with Crippen LogP contribution in [0.1, 0.15) is 20.3 Å². The van der Waals surface area contributed by atoms with E-state index in [1.807, 2.05) is 0 Å². The molecule has 0 aliphatic rings. The largest absolute Gasteiger partial charge is 0.406 e. The lowest BCUT2D eigenvalue weighted by atomic mass is 10.1. The van der Waals surface area contributed by atoms with Crippen LogP contribution in [0.2, 0.25) is 0 Å². The first-order valence-electron chi connectivity index (χ1n) is 9.41. The predicted octanol–water partition coefficient (Wildman–Crippen LogP) is 4.38. The predicted molar refractivity (Wildman–Crippen MR) is 108 cm³/mol. The maximum absolute atomic E-state index is 13.1. The lowest BCUT2D eigenvalue weighted by Gasteiger charge is -2.14. The number of nitrogens with one attached hydrogen (secondary N) is 1. The van der Waals surface area contributed by atoms with E-state index < -0.39 is 12.7 Å². The average Bonchev–Trinajstić information content (AvgIpc) is 3.04. The van der Waals surface area contributed by atoms with Gasteiger partial charge in [-0.25, -0.2) is 4.98 Å². The number of imidazole rings is 1. The van der Waals surface area contributed by atoms with Crippen LogP contribution in [0.25, 0.3) is 11.3 Å². The molecule has 0 atom stereocenters. The minimum absolute atomic E-state index is 0.0188. The molecule has 0 unspecified atom stereocenters. The van der Waals surface area contributed by atoms with Gasteiger partial charge in [0.15, 0.2) is 5.16 Å². The summed E-state index contributed by atoms with van der Waals surface area (Å²) < 4.78 is 45.7. The summed E-state index contributed by atoms with van der Waals surface area (Å²) in [6.45, 7) is 4.46. The standard InChI is InChI=1S/C20H26F3N3O2S/c1-15(2)8-10-28-11-9-24-18(27)13-29-19-25-12-17(16-6-4-3-5-7-16)26(19)14-20(21,22)23/h3-7,12,15H,8-11,13-14H2,1-2H3,(H,24,27). The number of alkyl halides is 3. The zero-order valence-corrected chi connectivity index (χ0v) is 17.4. The highest BCUT2D eigenvalue weighted by Crippen LogP contribution is 2.29. The SMILES string of the molecule is CC(C)CCOCCNC(=O)CSc1ncc(-c2ccccc2)n1CC(F)(F)F. The maximum Gasteiger partial charge on any atom is 0.406 e. The van der Waals surface area contributed by atoms with Gasteiger partial charge in [0.2, 0.25) is 5.91 Å². The topological polar surface area (TPSA) is 56.1 Å². The van der Waals surface area contributed by atoms with Crippen molar-refractivity contribution in [1.29, 1.82) is 0 Å². The van der Waals surface area contributed by atoms with Crippen molar-refractivity contribution >= 4 is 17.7 Å². The number of ether oxygens (including phenoxy) is 1. The fourth-order valence-corrected chi connectivity index (χ4v) is 3.32. The summed E-state index contributed by atoms with van der Waals surface area (Å²) in [6.07, 6.45) is -2.03. The molecule has 0 aliphatic carbocycles. The van der Waals surface area contributed by atoms with Gasteiger partial charge in [0.25, 0.3) is 0 Å². The number of rotatable bonds is 11. The minimum atomic E-state index is -4.39. The summed E-state index contributed by atoms with van der Waals surface area (Å²) in [4.78, 5) is 16.1. The first-order valence-corrected chi connectivity index (χ1v) is 10.4. The summed E-state index contributed by atoms with van der Waals surface area (Å²) in [5, 5.41) is 2.86. The van der Waals surface area contributed by atoms with Crippen LogP contribution in [0, 0.1) is 5.92 Å². The van der Waals surface area contributed by atoms with Crippen molar-refractivity contribution in [3.63, 3.8) is 0 Å². The monoisotopic (exact) mass is 429 g/mol. The molecular weight excluding hydrogens is 403 g/mol. The van der Waals surface area contributed by atoms with E-state index in [1.165, 1.54) is 6.20 Å². The number of carbonyl (C=O) groups is 1. The third-order valence-corrected chi connectivity index (χ3v) is 4.96. The highest BCUT2D eigenvalue weighted by molar-refractivity contribution is 7.99. The number of benzene rings is 1. The van der Waals surface area contributed by atoms with Crippen LogP contribution >= 0.6 is 11.8 Å². The van der Waals surface area contributed by atoms with E-state index in [1.54, 1.807) is 30.3 Å². The molecule has 1 amide bonds. The summed E-state index contributed by atoms with van der Waals surface area (Å²) in [7, 11) is 0. The second-order valence-electron chi connectivity index (χ2n) is 6.93. The van der Waals surface area contributed by atoms with Crippen molar-refractivity contribution in [2.75, 3.05) is 25.5 Å². The Labute approximate surface area is 173 Å². The van der Waals surface area contributed by atoms with Crippen molar-refractivity contribution in [2.24, 2.45) is 5.92 Å². The van der Waals surface area contributed by atoms with Gasteiger partial charge in [0.1, 0.15) is 6.54 Å². The average molecular weight is 430 g/mol. The summed E-state index contributed by atoms with van der Waals surface area (Å²) in [5.74, 6) is 0.266. The van der Waals surface area contributed by atoms with Crippen LogP contribution in [0.15, 0.2) is 41.7 Å². The van der Waals surface area contributed by atoms with Crippen LogP contribution in [-0.2, 0) is 16.1 Å². The second kappa shape index (κ2) is 11.3. The molecule has 5 nitrogen and oxygen atoms in total. The normalized spacial score (nSPS) is 11.8. The molecular formula is C20H26F3N3O2S. The van der Waals surface area contributed by atoms with Gasteiger partial charge in [-0.3, -0.25) is 4.79 Å². The molecule has 0 saturated heterocycles. The van der Waals surface area contributed by atoms with Crippen LogP contribution in [-0.4, -0.2) is 47.1 Å². The molecule has 1 aromatic heterocycles. The van der Waals surface area contributed by atoms with E-state index in [2.05, 4.69) is 24.1 Å². The van der Waals surface area contributed by atoms with Gasteiger partial charge in [-0.05, 0) is 17.9 Å². The third kappa shape index (κ3) is 8.49. The van der Waals surface area contributed by atoms with Gasteiger partial charge >= 0.3 is 6.18 Å². The zero-order chi connectivity index (χ0) is 21.3. The molecule has 0 spiro atoms. The minimum Gasteiger partial charge on any atom is -0.380 e. The molecule has 9 heteroatoms. The number of nitrogens with zero attached hydrogens (tertiary/aromatic N) is 2. The molecule has 0 saturated carbocycles. The summed E-state index contributed by atoms with van der Waals surface area (Å²) in [5.41, 5.74) is 1.00. The maximum atomic E-state index is 13.1. The van der Waals surface area contributed by atoms with E-state index in [9.17, 15) is 18.0 Å². The lowest BCUT2D eigenvalue weighted by Crippen LogP contribution is -2.29. The van der Waals surface area contributed by atoms with Crippen LogP contribution in [0.5, 0.6) is 0 Å². The van der Waals surface area contributed by atoms with Gasteiger partial charge < -0.3 is 14.6 Å². The molecule has 0 radical (unpaired) electrons. The fourth-order valence-electron chi connectivity index (χ4n) is 2.51. The molecule has 2 rings (SSSR count). The van der Waals surface area contributed by atoms with Crippen LogP contribution in [0.3, 0.4) is 0 Å². The number of aromatic nitrogens is 2. The molecule has 1 heterocycles. The lowest BCUT2D eigenvalue weighted by molar-refractivity contribution is -0.141. The van der Waals surface area contributed by atoms with Gasteiger partial charge in [0.05, 0.1) is 24.3 Å². The van der Waals surface area contributed by atoms with Gasteiger partial charge in [-0.2, -0.15) is 13.2 Å². The van der Waals surface area contributed by atoms with Crippen molar-refractivity contribution in [3.05, 3.63) is 36.5 Å². The van der Waals surface area contributed by atoms with E-state index >= 15 is 0 Å². The molecule has 1 N–H and O–H groups in total. The van der Waals surface area contributed by atoms with Gasteiger partial charge in [0, 0.05) is 13.2 Å². The van der Waals surface area contributed by atoms with Crippen molar-refractivity contribution in [2.45, 2.75) is 38.1 Å². The van der Waals surface area contributed by atoms with Crippen molar-refractivity contribution in [1.82, 2.24) is 14.9 Å². The summed E-state index contributed by atoms with van der Waals surface area (Å²) in [6, 6.07) is 8.75. The molecule has 160 valence electrons. The molecule has 0 bridgehead atoms. The highest BCUT2D eigenvalue weighted by Gasteiger charge is 2.31. The van der Waals surface area contributed by atoms with Crippen LogP contribution in [0.4, 0.5) is 13.2 Å². The second-order valence-corrected chi connectivity index (χ2v) is 7.87. The first-order chi connectivity index (χ1) is 13.8. The van der Waals surface area contributed by atoms with E-state index in [0.29, 0.717) is 36.9 Å². The van der Waals surface area contributed by atoms with E-state index in [-0.39, 0.29) is 16.8 Å². The Bertz CT molecular complexity index is 764. The number of hydrogen-bond donors (Lipinski definition) is 1. The quantitative estimate of drug-likeness (QED) is 0.425. The van der Waals surface area contributed by atoms with Crippen LogP contribution < -0.4 is 5.32 Å².